The van der Waals surface area contributed by atoms with Crippen LogP contribution in [0.4, 0.5) is 0 Å². The normalized spacial score (nSPS) is 10.4. The summed E-state index contributed by atoms with van der Waals surface area (Å²) < 4.78 is 6.63. The van der Waals surface area contributed by atoms with Crippen LogP contribution in [-0.2, 0) is 0 Å². The maximum Gasteiger partial charge on any atom is 0.290 e. The Kier molecular flexibility index (Phi) is 3.67. The summed E-state index contributed by atoms with van der Waals surface area (Å²) in [5.41, 5.74) is 1.02. The Morgan fingerprint density at radius 1 is 1.33 bits per heavy atom. The van der Waals surface area contributed by atoms with Gasteiger partial charge in [-0.3, -0.25) is 4.79 Å². The van der Waals surface area contributed by atoms with Crippen molar-refractivity contribution in [2.24, 2.45) is 0 Å². The lowest BCUT2D eigenvalue weighted by atomic mass is 10.3. The summed E-state index contributed by atoms with van der Waals surface area (Å²) in [6.07, 6.45) is 0. The third-order valence-electron chi connectivity index (χ3n) is 2.38. The first-order chi connectivity index (χ1) is 8.61. The van der Waals surface area contributed by atoms with Gasteiger partial charge in [0.2, 0.25) is 0 Å². The van der Waals surface area contributed by atoms with Gasteiger partial charge in [-0.15, -0.1) is 0 Å². The van der Waals surface area contributed by atoms with Gasteiger partial charge >= 0.3 is 0 Å². The van der Waals surface area contributed by atoms with Crippen LogP contribution in [0.5, 0.6) is 5.75 Å². The van der Waals surface area contributed by atoms with E-state index in [1.807, 2.05) is 6.92 Å². The number of benzene rings is 1. The molecule has 5 heteroatoms. The minimum atomic E-state index is -0.327. The van der Waals surface area contributed by atoms with Crippen LogP contribution < -0.4 is 10.3 Å². The molecular formula is C13H13ClN2O2. The SMILES string of the molecule is CCOc1ccc(-n2nc(C)cc(Cl)c2=O)cc1. The number of nitrogens with zero attached hydrogens (tertiary/aromatic N) is 2. The van der Waals surface area contributed by atoms with Crippen molar-refractivity contribution in [1.29, 1.82) is 0 Å². The van der Waals surface area contributed by atoms with Crippen LogP contribution >= 0.6 is 11.6 Å². The van der Waals surface area contributed by atoms with Crippen molar-refractivity contribution < 1.29 is 4.74 Å². The number of aromatic nitrogens is 2. The summed E-state index contributed by atoms with van der Waals surface area (Å²) in [6.45, 7) is 4.31. The van der Waals surface area contributed by atoms with E-state index in [0.717, 1.165) is 5.75 Å². The van der Waals surface area contributed by atoms with E-state index in [2.05, 4.69) is 5.10 Å². The molecule has 0 fully saturated rings. The molecule has 0 saturated heterocycles. The summed E-state index contributed by atoms with van der Waals surface area (Å²) in [5.74, 6) is 0.757. The zero-order valence-corrected chi connectivity index (χ0v) is 10.9. The molecule has 1 aromatic carbocycles. The van der Waals surface area contributed by atoms with Gasteiger partial charge in [0, 0.05) is 0 Å². The van der Waals surface area contributed by atoms with Crippen molar-refractivity contribution in [2.45, 2.75) is 13.8 Å². The fraction of sp³-hybridized carbons (Fsp3) is 0.231. The minimum absolute atomic E-state index is 0.163. The van der Waals surface area contributed by atoms with E-state index in [4.69, 9.17) is 16.3 Å². The molecule has 0 saturated carbocycles. The zero-order chi connectivity index (χ0) is 13.1. The second kappa shape index (κ2) is 5.23. The van der Waals surface area contributed by atoms with Crippen molar-refractivity contribution in [1.82, 2.24) is 9.78 Å². The standard InChI is InChI=1S/C13H13ClN2O2/c1-3-18-11-6-4-10(5-7-11)16-13(17)12(14)8-9(2)15-16/h4-8H,3H2,1-2H3. The van der Waals surface area contributed by atoms with E-state index in [1.165, 1.54) is 4.68 Å². The Morgan fingerprint density at radius 2 is 2.00 bits per heavy atom. The Bertz CT molecular complexity index is 605. The molecule has 18 heavy (non-hydrogen) atoms. The fourth-order valence-corrected chi connectivity index (χ4v) is 1.84. The van der Waals surface area contributed by atoms with Crippen LogP contribution in [0.25, 0.3) is 5.69 Å². The molecule has 0 unspecified atom stereocenters. The monoisotopic (exact) mass is 264 g/mol. The highest BCUT2D eigenvalue weighted by molar-refractivity contribution is 6.30. The van der Waals surface area contributed by atoms with Crippen LogP contribution in [0.15, 0.2) is 35.1 Å². The van der Waals surface area contributed by atoms with E-state index < -0.39 is 0 Å². The number of hydrogen-bond acceptors (Lipinski definition) is 3. The van der Waals surface area contributed by atoms with Gasteiger partial charge in [0.25, 0.3) is 5.56 Å². The number of hydrogen-bond donors (Lipinski definition) is 0. The summed E-state index contributed by atoms with van der Waals surface area (Å²) in [4.78, 5) is 11.9. The van der Waals surface area contributed by atoms with Gasteiger partial charge in [0.15, 0.2) is 0 Å². The van der Waals surface area contributed by atoms with E-state index >= 15 is 0 Å². The number of rotatable bonds is 3. The highest BCUT2D eigenvalue weighted by Crippen LogP contribution is 2.14. The van der Waals surface area contributed by atoms with E-state index in [9.17, 15) is 4.79 Å². The van der Waals surface area contributed by atoms with Crippen molar-refractivity contribution in [3.8, 4) is 11.4 Å². The molecule has 0 aliphatic carbocycles. The predicted octanol–water partition coefficient (Wildman–Crippen LogP) is 2.59. The first-order valence-corrected chi connectivity index (χ1v) is 5.99. The third kappa shape index (κ3) is 2.54. The molecule has 0 aliphatic rings. The summed E-state index contributed by atoms with van der Waals surface area (Å²) >= 11 is 5.85. The molecule has 0 atom stereocenters. The molecule has 0 spiro atoms. The number of ether oxygens (including phenoxy) is 1. The average Bonchev–Trinajstić information content (AvgIpc) is 2.35. The van der Waals surface area contributed by atoms with Gasteiger partial charge in [-0.25, -0.2) is 0 Å². The highest BCUT2D eigenvalue weighted by atomic mass is 35.5. The van der Waals surface area contributed by atoms with Gasteiger partial charge in [0.1, 0.15) is 10.8 Å². The molecule has 0 bridgehead atoms. The average molecular weight is 265 g/mol. The molecule has 1 aromatic heterocycles. The molecule has 0 amide bonds. The van der Waals surface area contributed by atoms with Gasteiger partial charge in [-0.1, -0.05) is 11.6 Å². The van der Waals surface area contributed by atoms with Crippen molar-refractivity contribution in [2.75, 3.05) is 6.61 Å². The van der Waals surface area contributed by atoms with E-state index in [-0.39, 0.29) is 10.6 Å². The highest BCUT2D eigenvalue weighted by Gasteiger charge is 2.06. The number of aryl methyl sites for hydroxylation is 1. The molecular weight excluding hydrogens is 252 g/mol. The quantitative estimate of drug-likeness (QED) is 0.856. The van der Waals surface area contributed by atoms with Gasteiger partial charge in [-0.2, -0.15) is 9.78 Å². The smallest absolute Gasteiger partial charge is 0.290 e. The maximum atomic E-state index is 11.9. The van der Waals surface area contributed by atoms with Crippen LogP contribution in [0, 0.1) is 6.92 Å². The summed E-state index contributed by atoms with van der Waals surface area (Å²) in [6, 6.07) is 8.69. The van der Waals surface area contributed by atoms with Crippen molar-refractivity contribution in [3.05, 3.63) is 51.4 Å². The summed E-state index contributed by atoms with van der Waals surface area (Å²) in [7, 11) is 0. The Balaban J connectivity index is 2.46. The molecule has 2 aromatic rings. The second-order valence-electron chi connectivity index (χ2n) is 3.78. The van der Waals surface area contributed by atoms with Gasteiger partial charge < -0.3 is 4.74 Å². The van der Waals surface area contributed by atoms with Crippen LogP contribution in [-0.4, -0.2) is 16.4 Å². The molecule has 0 aliphatic heterocycles. The number of halogens is 1. The molecule has 4 nitrogen and oxygen atoms in total. The Labute approximate surface area is 110 Å². The molecule has 94 valence electrons. The lowest BCUT2D eigenvalue weighted by Gasteiger charge is -2.07. The van der Waals surface area contributed by atoms with Crippen LogP contribution in [0.3, 0.4) is 0 Å². The molecule has 2 rings (SSSR count). The molecule has 0 radical (unpaired) electrons. The second-order valence-corrected chi connectivity index (χ2v) is 4.18. The summed E-state index contributed by atoms with van der Waals surface area (Å²) in [5, 5.41) is 4.32. The molecule has 1 heterocycles. The van der Waals surface area contributed by atoms with E-state index in [0.29, 0.717) is 18.0 Å². The Hall–Kier alpha value is -1.81. The van der Waals surface area contributed by atoms with E-state index in [1.54, 1.807) is 37.3 Å². The lowest BCUT2D eigenvalue weighted by Crippen LogP contribution is -2.22. The third-order valence-corrected chi connectivity index (χ3v) is 2.65. The van der Waals surface area contributed by atoms with Crippen molar-refractivity contribution in [3.63, 3.8) is 0 Å². The minimum Gasteiger partial charge on any atom is -0.494 e. The van der Waals surface area contributed by atoms with Gasteiger partial charge in [-0.05, 0) is 44.2 Å². The van der Waals surface area contributed by atoms with Crippen LogP contribution in [0.2, 0.25) is 5.02 Å². The van der Waals surface area contributed by atoms with Gasteiger partial charge in [0.05, 0.1) is 18.0 Å². The largest absolute Gasteiger partial charge is 0.494 e. The maximum absolute atomic E-state index is 11.9. The fourth-order valence-electron chi connectivity index (χ4n) is 1.60. The molecule has 0 N–H and O–H groups in total. The Morgan fingerprint density at radius 3 is 2.61 bits per heavy atom. The predicted molar refractivity (Wildman–Crippen MR) is 70.8 cm³/mol. The first-order valence-electron chi connectivity index (χ1n) is 5.61. The van der Waals surface area contributed by atoms with Crippen molar-refractivity contribution >= 4 is 11.6 Å². The first kappa shape index (κ1) is 12.6. The zero-order valence-electron chi connectivity index (χ0n) is 10.2. The lowest BCUT2D eigenvalue weighted by molar-refractivity contribution is 0.340. The topological polar surface area (TPSA) is 44.1 Å². The van der Waals surface area contributed by atoms with Crippen LogP contribution in [0.1, 0.15) is 12.6 Å².